The summed E-state index contributed by atoms with van der Waals surface area (Å²) < 4.78 is 0. The number of carbonyl (C=O) groups excluding carboxylic acids is 2. The summed E-state index contributed by atoms with van der Waals surface area (Å²) in [5, 5.41) is 12.8. The number of aromatic hydroxyl groups is 1. The van der Waals surface area contributed by atoms with Crippen molar-refractivity contribution >= 4 is 29.4 Å². The van der Waals surface area contributed by atoms with Crippen LogP contribution in [0.4, 0.5) is 5.82 Å². The van der Waals surface area contributed by atoms with Gasteiger partial charge >= 0.3 is 0 Å². The smallest absolute Gasteiger partial charge is 0.274 e. The molecule has 0 spiro atoms. The van der Waals surface area contributed by atoms with Crippen molar-refractivity contribution in [3.63, 3.8) is 0 Å². The first kappa shape index (κ1) is 19.2. The van der Waals surface area contributed by atoms with E-state index in [1.165, 1.54) is 12.3 Å². The standard InChI is InChI=1S/C19H17N5O3S/c20-17-16(19(27)23-9-11-5-1-3-7-13(11)25)24-15(10-22-17)28-14-8-4-2-6-12(14)18(21)26/h1-8,10,25H,9H2,(H2,20,22)(H2,21,26)(H,23,27). The van der Waals surface area contributed by atoms with Crippen LogP contribution < -0.4 is 16.8 Å². The van der Waals surface area contributed by atoms with Gasteiger partial charge in [0.15, 0.2) is 11.5 Å². The highest BCUT2D eigenvalue weighted by Gasteiger charge is 2.16. The third kappa shape index (κ3) is 4.38. The number of carbonyl (C=O) groups is 2. The summed E-state index contributed by atoms with van der Waals surface area (Å²) in [6.45, 7) is 0.106. The Labute approximate surface area is 165 Å². The van der Waals surface area contributed by atoms with Gasteiger partial charge in [-0.2, -0.15) is 0 Å². The van der Waals surface area contributed by atoms with E-state index in [1.54, 1.807) is 42.5 Å². The number of nitrogens with one attached hydrogen (secondary N) is 1. The number of anilines is 1. The van der Waals surface area contributed by atoms with E-state index in [0.29, 0.717) is 21.0 Å². The van der Waals surface area contributed by atoms with Gasteiger partial charge in [0, 0.05) is 17.0 Å². The van der Waals surface area contributed by atoms with E-state index in [-0.39, 0.29) is 23.8 Å². The summed E-state index contributed by atoms with van der Waals surface area (Å²) in [5.41, 5.74) is 12.0. The molecule has 1 aromatic heterocycles. The van der Waals surface area contributed by atoms with Crippen molar-refractivity contribution < 1.29 is 14.7 Å². The van der Waals surface area contributed by atoms with Gasteiger partial charge in [-0.05, 0) is 18.2 Å². The maximum atomic E-state index is 12.5. The molecule has 8 nitrogen and oxygen atoms in total. The highest BCUT2D eigenvalue weighted by atomic mass is 32.2. The fourth-order valence-corrected chi connectivity index (χ4v) is 3.28. The highest BCUT2D eigenvalue weighted by Crippen LogP contribution is 2.29. The molecule has 1 heterocycles. The number of aromatic nitrogens is 2. The molecule has 0 atom stereocenters. The minimum absolute atomic E-state index is 0.0256. The molecule has 0 saturated heterocycles. The van der Waals surface area contributed by atoms with Gasteiger partial charge < -0.3 is 21.9 Å². The van der Waals surface area contributed by atoms with Crippen molar-refractivity contribution in [3.8, 4) is 5.75 Å². The number of rotatable bonds is 6. The number of amides is 2. The Kier molecular flexibility index (Phi) is 5.75. The Morgan fingerprint density at radius 3 is 2.57 bits per heavy atom. The van der Waals surface area contributed by atoms with Gasteiger partial charge in [0.05, 0.1) is 11.8 Å². The third-order valence-electron chi connectivity index (χ3n) is 3.79. The van der Waals surface area contributed by atoms with E-state index in [9.17, 15) is 14.7 Å². The molecule has 2 amide bonds. The van der Waals surface area contributed by atoms with Crippen LogP contribution in [0.3, 0.4) is 0 Å². The van der Waals surface area contributed by atoms with Gasteiger partial charge in [0.1, 0.15) is 10.8 Å². The molecule has 28 heavy (non-hydrogen) atoms. The monoisotopic (exact) mass is 395 g/mol. The molecule has 0 aliphatic carbocycles. The Hall–Kier alpha value is -3.59. The minimum Gasteiger partial charge on any atom is -0.508 e. The van der Waals surface area contributed by atoms with E-state index in [4.69, 9.17) is 11.5 Å². The summed E-state index contributed by atoms with van der Waals surface area (Å²) >= 11 is 1.15. The third-order valence-corrected chi connectivity index (χ3v) is 4.77. The number of para-hydroxylation sites is 1. The van der Waals surface area contributed by atoms with Gasteiger partial charge in [-0.1, -0.05) is 42.1 Å². The maximum absolute atomic E-state index is 12.5. The lowest BCUT2D eigenvalue weighted by atomic mass is 10.2. The number of hydrogen-bond acceptors (Lipinski definition) is 7. The average molecular weight is 395 g/mol. The minimum atomic E-state index is -0.563. The number of nitrogens with two attached hydrogens (primary N) is 2. The summed E-state index contributed by atoms with van der Waals surface area (Å²) in [4.78, 5) is 32.9. The quantitative estimate of drug-likeness (QED) is 0.499. The number of benzene rings is 2. The van der Waals surface area contributed by atoms with Gasteiger partial charge in [-0.25, -0.2) is 9.97 Å². The van der Waals surface area contributed by atoms with Crippen molar-refractivity contribution in [1.29, 1.82) is 0 Å². The summed E-state index contributed by atoms with van der Waals surface area (Å²) in [5.74, 6) is -1.04. The fourth-order valence-electron chi connectivity index (χ4n) is 2.39. The molecule has 3 rings (SSSR count). The molecule has 9 heteroatoms. The predicted octanol–water partition coefficient (Wildman–Crippen LogP) is 1.94. The van der Waals surface area contributed by atoms with E-state index < -0.39 is 11.8 Å². The second-order valence-corrected chi connectivity index (χ2v) is 6.78. The molecule has 0 bridgehead atoms. The number of primary amides is 1. The molecular weight excluding hydrogens is 378 g/mol. The largest absolute Gasteiger partial charge is 0.508 e. The van der Waals surface area contributed by atoms with Gasteiger partial charge in [0.2, 0.25) is 5.91 Å². The normalized spacial score (nSPS) is 10.4. The number of phenolic OH excluding ortho intramolecular Hbond substituents is 1. The van der Waals surface area contributed by atoms with E-state index in [1.807, 2.05) is 0 Å². The van der Waals surface area contributed by atoms with Crippen molar-refractivity contribution in [2.24, 2.45) is 5.73 Å². The van der Waals surface area contributed by atoms with Crippen LogP contribution in [0.2, 0.25) is 0 Å². The maximum Gasteiger partial charge on any atom is 0.274 e. The van der Waals surface area contributed by atoms with Crippen LogP contribution in [0.25, 0.3) is 0 Å². The van der Waals surface area contributed by atoms with Crippen LogP contribution in [0.1, 0.15) is 26.4 Å². The van der Waals surface area contributed by atoms with Gasteiger partial charge in [-0.3, -0.25) is 9.59 Å². The lowest BCUT2D eigenvalue weighted by molar-refractivity contribution is 0.0944. The Bertz CT molecular complexity index is 1040. The van der Waals surface area contributed by atoms with Crippen LogP contribution in [-0.2, 0) is 6.54 Å². The van der Waals surface area contributed by atoms with Crippen LogP contribution in [-0.4, -0.2) is 26.9 Å². The Morgan fingerprint density at radius 1 is 1.11 bits per heavy atom. The lowest BCUT2D eigenvalue weighted by Gasteiger charge is -2.10. The molecule has 0 radical (unpaired) electrons. The van der Waals surface area contributed by atoms with E-state index >= 15 is 0 Å². The molecule has 142 valence electrons. The second-order valence-electron chi connectivity index (χ2n) is 5.72. The summed E-state index contributed by atoms with van der Waals surface area (Å²) in [7, 11) is 0. The van der Waals surface area contributed by atoms with Crippen LogP contribution in [0.5, 0.6) is 5.75 Å². The molecule has 0 aliphatic heterocycles. The van der Waals surface area contributed by atoms with Crippen molar-refractivity contribution in [2.45, 2.75) is 16.5 Å². The number of phenols is 1. The van der Waals surface area contributed by atoms with Crippen LogP contribution in [0, 0.1) is 0 Å². The molecule has 0 fully saturated rings. The van der Waals surface area contributed by atoms with Gasteiger partial charge in [-0.15, -0.1) is 0 Å². The first-order valence-corrected chi connectivity index (χ1v) is 9.01. The SMILES string of the molecule is NC(=O)c1ccccc1Sc1cnc(N)c(C(=O)NCc2ccccc2O)n1. The van der Waals surface area contributed by atoms with Crippen molar-refractivity contribution in [1.82, 2.24) is 15.3 Å². The zero-order chi connectivity index (χ0) is 20.1. The molecule has 3 aromatic rings. The number of nitrogen functional groups attached to an aromatic ring is 1. The second kappa shape index (κ2) is 8.40. The van der Waals surface area contributed by atoms with Crippen LogP contribution in [0.15, 0.2) is 64.6 Å². The molecular formula is C19H17N5O3S. The van der Waals surface area contributed by atoms with E-state index in [0.717, 1.165) is 11.8 Å². The summed E-state index contributed by atoms with van der Waals surface area (Å²) in [6, 6.07) is 13.5. The lowest BCUT2D eigenvalue weighted by Crippen LogP contribution is -2.25. The average Bonchev–Trinajstić information content (AvgIpc) is 2.69. The molecule has 6 N–H and O–H groups in total. The van der Waals surface area contributed by atoms with Crippen LogP contribution >= 0.6 is 11.8 Å². The predicted molar refractivity (Wildman–Crippen MR) is 105 cm³/mol. The Balaban J connectivity index is 1.79. The zero-order valence-electron chi connectivity index (χ0n) is 14.6. The molecule has 2 aromatic carbocycles. The number of hydrogen-bond donors (Lipinski definition) is 4. The van der Waals surface area contributed by atoms with E-state index in [2.05, 4.69) is 15.3 Å². The summed E-state index contributed by atoms with van der Waals surface area (Å²) in [6.07, 6.45) is 1.41. The van der Waals surface area contributed by atoms with Crippen molar-refractivity contribution in [2.75, 3.05) is 5.73 Å². The zero-order valence-corrected chi connectivity index (χ0v) is 15.4. The van der Waals surface area contributed by atoms with Gasteiger partial charge in [0.25, 0.3) is 5.91 Å². The number of nitrogens with zero attached hydrogens (tertiary/aromatic N) is 2. The molecule has 0 saturated carbocycles. The highest BCUT2D eigenvalue weighted by molar-refractivity contribution is 7.99. The molecule has 0 aliphatic rings. The fraction of sp³-hybridized carbons (Fsp3) is 0.0526. The first-order chi connectivity index (χ1) is 13.5. The van der Waals surface area contributed by atoms with Crippen molar-refractivity contribution in [3.05, 3.63) is 71.5 Å². The topological polar surface area (TPSA) is 144 Å². The first-order valence-electron chi connectivity index (χ1n) is 8.20. The Morgan fingerprint density at radius 2 is 1.82 bits per heavy atom. The molecule has 0 unspecified atom stereocenters.